The quantitative estimate of drug-likeness (QED) is 0.793. The molecule has 1 aliphatic rings. The molecule has 142 valence electrons. The normalized spacial score (nSPS) is 17.2. The summed E-state index contributed by atoms with van der Waals surface area (Å²) in [4.78, 5) is 2.57. The Morgan fingerprint density at radius 2 is 1.84 bits per heavy atom. The van der Waals surface area contributed by atoms with Crippen LogP contribution in [0.5, 0.6) is 5.75 Å². The molecule has 0 amide bonds. The van der Waals surface area contributed by atoms with Gasteiger partial charge in [0.1, 0.15) is 5.75 Å². The molecule has 0 aliphatic carbocycles. The van der Waals surface area contributed by atoms with E-state index in [4.69, 9.17) is 9.84 Å². The van der Waals surface area contributed by atoms with Crippen molar-refractivity contribution in [3.8, 4) is 5.75 Å². The van der Waals surface area contributed by atoms with Crippen molar-refractivity contribution in [2.24, 2.45) is 0 Å². The molecule has 1 aliphatic heterocycles. The third-order valence-corrected chi connectivity index (χ3v) is 6.77. The summed E-state index contributed by atoms with van der Waals surface area (Å²) in [5.41, 5.74) is 1.62. The second-order valence-corrected chi connectivity index (χ2v) is 8.74. The van der Waals surface area contributed by atoms with Crippen LogP contribution in [0.25, 0.3) is 0 Å². The monoisotopic (exact) mass is 370 g/mol. The Morgan fingerprint density at radius 3 is 2.36 bits per heavy atom. The fourth-order valence-corrected chi connectivity index (χ4v) is 4.87. The van der Waals surface area contributed by atoms with Crippen molar-refractivity contribution in [1.29, 1.82) is 0 Å². The maximum atomic E-state index is 13.1. The highest BCUT2D eigenvalue weighted by Crippen LogP contribution is 2.33. The number of methoxy groups -OCH3 is 1. The zero-order valence-electron chi connectivity index (χ0n) is 15.7. The summed E-state index contributed by atoms with van der Waals surface area (Å²) in [5.74, 6) is 0.917. The third-order valence-electron chi connectivity index (χ3n) is 4.73. The molecule has 25 heavy (non-hydrogen) atoms. The number of aliphatic hydroxyl groups is 1. The van der Waals surface area contributed by atoms with E-state index in [0.29, 0.717) is 36.6 Å². The molecular formula is C18H30N2O4S. The minimum atomic E-state index is -3.52. The van der Waals surface area contributed by atoms with Gasteiger partial charge in [0.05, 0.1) is 12.0 Å². The number of nitrogens with zero attached hydrogens (tertiary/aromatic N) is 2. The van der Waals surface area contributed by atoms with E-state index in [2.05, 4.69) is 4.90 Å². The Morgan fingerprint density at radius 1 is 1.20 bits per heavy atom. The molecule has 1 aromatic carbocycles. The average molecular weight is 371 g/mol. The molecule has 0 saturated carbocycles. The lowest BCUT2D eigenvalue weighted by molar-refractivity contribution is 0.171. The molecule has 0 bridgehead atoms. The average Bonchev–Trinajstić information content (AvgIpc) is 2.59. The number of ether oxygens (including phenoxy) is 1. The second kappa shape index (κ2) is 8.49. The van der Waals surface area contributed by atoms with Crippen molar-refractivity contribution < 1.29 is 18.3 Å². The van der Waals surface area contributed by atoms with Gasteiger partial charge in [0.15, 0.2) is 0 Å². The van der Waals surface area contributed by atoms with E-state index in [1.54, 1.807) is 17.5 Å². The van der Waals surface area contributed by atoms with Gasteiger partial charge in [-0.1, -0.05) is 13.8 Å². The van der Waals surface area contributed by atoms with Crippen LogP contribution in [-0.2, 0) is 10.0 Å². The van der Waals surface area contributed by atoms with Crippen LogP contribution < -0.4 is 4.74 Å². The molecule has 0 atom stereocenters. The molecule has 2 rings (SSSR count). The van der Waals surface area contributed by atoms with Crippen LogP contribution in [0.3, 0.4) is 0 Å². The number of sulfonamides is 1. The highest BCUT2D eigenvalue weighted by Gasteiger charge is 2.30. The van der Waals surface area contributed by atoms with Crippen LogP contribution in [0.15, 0.2) is 17.0 Å². The molecule has 0 unspecified atom stereocenters. The summed E-state index contributed by atoms with van der Waals surface area (Å²) < 4.78 is 33.2. The Hall–Kier alpha value is -1.15. The lowest BCUT2D eigenvalue weighted by atomic mass is 10.0. The first-order chi connectivity index (χ1) is 11.8. The smallest absolute Gasteiger partial charge is 0.243 e. The van der Waals surface area contributed by atoms with Gasteiger partial charge in [-0.05, 0) is 42.5 Å². The van der Waals surface area contributed by atoms with Crippen LogP contribution in [0.2, 0.25) is 0 Å². The van der Waals surface area contributed by atoms with Gasteiger partial charge in [-0.2, -0.15) is 4.31 Å². The molecule has 1 heterocycles. The Balaban J connectivity index is 2.24. The van der Waals surface area contributed by atoms with Crippen molar-refractivity contribution in [2.45, 2.75) is 38.0 Å². The van der Waals surface area contributed by atoms with Gasteiger partial charge >= 0.3 is 0 Å². The fourth-order valence-electron chi connectivity index (χ4n) is 3.21. The van der Waals surface area contributed by atoms with E-state index < -0.39 is 10.0 Å². The summed E-state index contributed by atoms with van der Waals surface area (Å²) in [5, 5.41) is 8.93. The lowest BCUT2D eigenvalue weighted by Crippen LogP contribution is -2.48. The first-order valence-corrected chi connectivity index (χ1v) is 10.3. The summed E-state index contributed by atoms with van der Waals surface area (Å²) in [7, 11) is -1.90. The van der Waals surface area contributed by atoms with Crippen molar-refractivity contribution in [3.63, 3.8) is 0 Å². The third kappa shape index (κ3) is 4.53. The predicted octanol–water partition coefficient (Wildman–Crippen LogP) is 1.82. The molecular weight excluding hydrogens is 340 g/mol. The van der Waals surface area contributed by atoms with Crippen molar-refractivity contribution >= 4 is 10.0 Å². The summed E-state index contributed by atoms with van der Waals surface area (Å²) in [6.07, 6.45) is 0.724. The van der Waals surface area contributed by atoms with Crippen molar-refractivity contribution in [2.75, 3.05) is 46.4 Å². The van der Waals surface area contributed by atoms with Gasteiger partial charge in [-0.25, -0.2) is 8.42 Å². The van der Waals surface area contributed by atoms with Crippen LogP contribution in [0.1, 0.15) is 37.3 Å². The number of hydrogen-bond acceptors (Lipinski definition) is 5. The van der Waals surface area contributed by atoms with Gasteiger partial charge in [0, 0.05) is 39.3 Å². The molecule has 1 fully saturated rings. The molecule has 0 radical (unpaired) electrons. The van der Waals surface area contributed by atoms with Gasteiger partial charge in [0.25, 0.3) is 0 Å². The Labute approximate surface area is 151 Å². The molecule has 1 saturated heterocycles. The minimum absolute atomic E-state index is 0.168. The highest BCUT2D eigenvalue weighted by atomic mass is 32.2. The fraction of sp³-hybridized carbons (Fsp3) is 0.667. The van der Waals surface area contributed by atoms with Crippen molar-refractivity contribution in [1.82, 2.24) is 9.21 Å². The van der Waals surface area contributed by atoms with E-state index in [-0.39, 0.29) is 12.5 Å². The van der Waals surface area contributed by atoms with Crippen molar-refractivity contribution in [3.05, 3.63) is 23.3 Å². The second-order valence-electron chi connectivity index (χ2n) is 6.84. The van der Waals surface area contributed by atoms with E-state index in [0.717, 1.165) is 24.3 Å². The number of benzene rings is 1. The standard InChI is InChI=1S/C18H30N2O4S/c1-14(2)16-13-18(15(3)12-17(16)24-4)25(22,23)20-9-7-19(8-10-20)6-5-11-21/h12-14,21H,5-11H2,1-4H3. The number of aliphatic hydroxyl groups excluding tert-OH is 1. The summed E-state index contributed by atoms with van der Waals surface area (Å²) in [6.45, 7) is 9.22. The SMILES string of the molecule is COc1cc(C)c(S(=O)(=O)N2CCN(CCCO)CC2)cc1C(C)C. The van der Waals surface area contributed by atoms with Crippen LogP contribution >= 0.6 is 0 Å². The number of rotatable bonds is 7. The van der Waals surface area contributed by atoms with E-state index in [1.165, 1.54) is 0 Å². The Bertz CT molecular complexity index is 681. The maximum absolute atomic E-state index is 13.1. The van der Waals surface area contributed by atoms with Crippen LogP contribution in [0.4, 0.5) is 0 Å². The predicted molar refractivity (Wildman–Crippen MR) is 98.7 cm³/mol. The maximum Gasteiger partial charge on any atom is 0.243 e. The van der Waals surface area contributed by atoms with E-state index in [1.807, 2.05) is 26.8 Å². The lowest BCUT2D eigenvalue weighted by Gasteiger charge is -2.34. The molecule has 1 N–H and O–H groups in total. The van der Waals surface area contributed by atoms with Gasteiger partial charge < -0.3 is 14.7 Å². The minimum Gasteiger partial charge on any atom is -0.496 e. The van der Waals surface area contributed by atoms with Gasteiger partial charge in [0.2, 0.25) is 10.0 Å². The number of piperazine rings is 1. The molecule has 0 spiro atoms. The Kier molecular flexibility index (Phi) is 6.85. The zero-order valence-corrected chi connectivity index (χ0v) is 16.5. The highest BCUT2D eigenvalue weighted by molar-refractivity contribution is 7.89. The van der Waals surface area contributed by atoms with E-state index >= 15 is 0 Å². The summed E-state index contributed by atoms with van der Waals surface area (Å²) >= 11 is 0. The molecule has 7 heteroatoms. The van der Waals surface area contributed by atoms with Crippen LogP contribution in [0, 0.1) is 6.92 Å². The first kappa shape index (κ1) is 20.2. The molecule has 6 nitrogen and oxygen atoms in total. The largest absolute Gasteiger partial charge is 0.496 e. The number of hydrogen-bond donors (Lipinski definition) is 1. The zero-order chi connectivity index (χ0) is 18.6. The summed E-state index contributed by atoms with van der Waals surface area (Å²) in [6, 6.07) is 3.59. The van der Waals surface area contributed by atoms with E-state index in [9.17, 15) is 8.42 Å². The molecule has 0 aromatic heterocycles. The van der Waals surface area contributed by atoms with Crippen LogP contribution in [-0.4, -0.2) is 69.2 Å². The molecule has 1 aromatic rings. The van der Waals surface area contributed by atoms with Gasteiger partial charge in [-0.15, -0.1) is 0 Å². The first-order valence-electron chi connectivity index (χ1n) is 8.83. The topological polar surface area (TPSA) is 70.1 Å². The van der Waals surface area contributed by atoms with Gasteiger partial charge in [-0.3, -0.25) is 0 Å². The number of aryl methyl sites for hydroxylation is 1.